The van der Waals surface area contributed by atoms with Crippen LogP contribution in [0.2, 0.25) is 0 Å². The summed E-state index contributed by atoms with van der Waals surface area (Å²) in [5.41, 5.74) is 2.94. The van der Waals surface area contributed by atoms with Gasteiger partial charge in [0.2, 0.25) is 0 Å². The molecule has 1 unspecified atom stereocenters. The number of benzene rings is 1. The van der Waals surface area contributed by atoms with Gasteiger partial charge in [0, 0.05) is 18.8 Å². The standard InChI is InChI=1S/C12H13F3N4/c1-19-7-9(6-17-19)11(18-16)8-3-2-4-10(5-8)12(13,14)15/h2-7,11,18H,16H2,1H3. The van der Waals surface area contributed by atoms with Crippen LogP contribution in [0.4, 0.5) is 13.2 Å². The van der Waals surface area contributed by atoms with Crippen LogP contribution < -0.4 is 11.3 Å². The van der Waals surface area contributed by atoms with Gasteiger partial charge in [-0.25, -0.2) is 5.43 Å². The number of nitrogens with two attached hydrogens (primary N) is 1. The minimum atomic E-state index is -4.37. The van der Waals surface area contributed by atoms with Crippen LogP contribution in [-0.4, -0.2) is 9.78 Å². The van der Waals surface area contributed by atoms with Crippen molar-refractivity contribution in [3.8, 4) is 0 Å². The van der Waals surface area contributed by atoms with E-state index in [-0.39, 0.29) is 0 Å². The highest BCUT2D eigenvalue weighted by molar-refractivity contribution is 5.33. The lowest BCUT2D eigenvalue weighted by atomic mass is 10.00. The van der Waals surface area contributed by atoms with Gasteiger partial charge in [0.1, 0.15) is 0 Å². The molecule has 1 aromatic carbocycles. The van der Waals surface area contributed by atoms with Crippen molar-refractivity contribution in [3.63, 3.8) is 0 Å². The third-order valence-electron chi connectivity index (χ3n) is 2.77. The van der Waals surface area contributed by atoms with Crippen molar-refractivity contribution in [1.82, 2.24) is 15.2 Å². The molecule has 0 amide bonds. The van der Waals surface area contributed by atoms with Gasteiger partial charge in [0.25, 0.3) is 0 Å². The molecule has 1 heterocycles. The first-order valence-corrected chi connectivity index (χ1v) is 5.53. The Morgan fingerprint density at radius 2 is 2.05 bits per heavy atom. The molecule has 1 aromatic heterocycles. The summed E-state index contributed by atoms with van der Waals surface area (Å²) in [5.74, 6) is 5.44. The Hall–Kier alpha value is -1.86. The van der Waals surface area contributed by atoms with E-state index < -0.39 is 17.8 Å². The van der Waals surface area contributed by atoms with Gasteiger partial charge in [-0.3, -0.25) is 10.5 Å². The molecule has 2 aromatic rings. The zero-order chi connectivity index (χ0) is 14.0. The monoisotopic (exact) mass is 270 g/mol. The topological polar surface area (TPSA) is 55.9 Å². The fourth-order valence-electron chi connectivity index (χ4n) is 1.87. The molecular weight excluding hydrogens is 257 g/mol. The summed E-state index contributed by atoms with van der Waals surface area (Å²) in [5, 5.41) is 3.98. The average molecular weight is 270 g/mol. The van der Waals surface area contributed by atoms with Crippen LogP contribution in [-0.2, 0) is 13.2 Å². The fraction of sp³-hybridized carbons (Fsp3) is 0.250. The maximum absolute atomic E-state index is 12.7. The lowest BCUT2D eigenvalue weighted by molar-refractivity contribution is -0.137. The highest BCUT2D eigenvalue weighted by Crippen LogP contribution is 2.31. The number of aryl methyl sites for hydroxylation is 1. The largest absolute Gasteiger partial charge is 0.416 e. The number of hydrogen-bond donors (Lipinski definition) is 2. The van der Waals surface area contributed by atoms with Crippen molar-refractivity contribution < 1.29 is 13.2 Å². The van der Waals surface area contributed by atoms with Gasteiger partial charge in [0.15, 0.2) is 0 Å². The Kier molecular flexibility index (Phi) is 3.59. The highest BCUT2D eigenvalue weighted by Gasteiger charge is 2.31. The number of nitrogens with zero attached hydrogens (tertiary/aromatic N) is 2. The molecule has 19 heavy (non-hydrogen) atoms. The third-order valence-corrected chi connectivity index (χ3v) is 2.77. The van der Waals surface area contributed by atoms with Crippen molar-refractivity contribution in [3.05, 3.63) is 53.3 Å². The number of rotatable bonds is 3. The van der Waals surface area contributed by atoms with E-state index in [4.69, 9.17) is 5.84 Å². The maximum Gasteiger partial charge on any atom is 0.416 e. The normalized spacial score (nSPS) is 13.5. The molecule has 0 fully saturated rings. The van der Waals surface area contributed by atoms with E-state index in [1.807, 2.05) is 0 Å². The van der Waals surface area contributed by atoms with E-state index in [2.05, 4.69) is 10.5 Å². The predicted octanol–water partition coefficient (Wildman–Crippen LogP) is 1.99. The zero-order valence-corrected chi connectivity index (χ0v) is 10.1. The number of aromatic nitrogens is 2. The Morgan fingerprint density at radius 3 is 2.58 bits per heavy atom. The first-order chi connectivity index (χ1) is 8.91. The van der Waals surface area contributed by atoms with Crippen molar-refractivity contribution >= 4 is 0 Å². The Morgan fingerprint density at radius 1 is 1.32 bits per heavy atom. The highest BCUT2D eigenvalue weighted by atomic mass is 19.4. The smallest absolute Gasteiger partial charge is 0.275 e. The first kappa shape index (κ1) is 13.6. The lowest BCUT2D eigenvalue weighted by Gasteiger charge is -2.16. The van der Waals surface area contributed by atoms with Crippen molar-refractivity contribution in [1.29, 1.82) is 0 Å². The van der Waals surface area contributed by atoms with Crippen LogP contribution in [0.25, 0.3) is 0 Å². The molecule has 3 N–H and O–H groups in total. The molecule has 4 nitrogen and oxygen atoms in total. The van der Waals surface area contributed by atoms with Gasteiger partial charge < -0.3 is 0 Å². The van der Waals surface area contributed by atoms with E-state index in [0.29, 0.717) is 11.1 Å². The van der Waals surface area contributed by atoms with E-state index in [1.54, 1.807) is 30.2 Å². The van der Waals surface area contributed by atoms with Gasteiger partial charge in [0.05, 0.1) is 17.8 Å². The summed E-state index contributed by atoms with van der Waals surface area (Å²) in [6.45, 7) is 0. The second-order valence-corrected chi connectivity index (χ2v) is 4.17. The van der Waals surface area contributed by atoms with Crippen LogP contribution in [0.15, 0.2) is 36.7 Å². The average Bonchev–Trinajstić information content (AvgIpc) is 2.76. The van der Waals surface area contributed by atoms with Gasteiger partial charge in [-0.15, -0.1) is 0 Å². The molecule has 7 heteroatoms. The van der Waals surface area contributed by atoms with E-state index in [0.717, 1.165) is 12.1 Å². The number of hydrogen-bond acceptors (Lipinski definition) is 3. The van der Waals surface area contributed by atoms with Crippen LogP contribution >= 0.6 is 0 Å². The lowest BCUT2D eigenvalue weighted by Crippen LogP contribution is -2.28. The minimum Gasteiger partial charge on any atom is -0.275 e. The summed E-state index contributed by atoms with van der Waals surface area (Å²) >= 11 is 0. The molecule has 0 aliphatic carbocycles. The van der Waals surface area contributed by atoms with Crippen LogP contribution in [0.5, 0.6) is 0 Å². The second-order valence-electron chi connectivity index (χ2n) is 4.17. The molecule has 0 saturated carbocycles. The van der Waals surface area contributed by atoms with E-state index in [9.17, 15) is 13.2 Å². The predicted molar refractivity (Wildman–Crippen MR) is 63.8 cm³/mol. The number of nitrogens with one attached hydrogen (secondary N) is 1. The van der Waals surface area contributed by atoms with E-state index in [1.165, 1.54) is 6.07 Å². The SMILES string of the molecule is Cn1cc(C(NN)c2cccc(C(F)(F)F)c2)cn1. The molecular formula is C12H13F3N4. The summed E-state index contributed by atoms with van der Waals surface area (Å²) in [4.78, 5) is 0. The molecule has 2 rings (SSSR count). The van der Waals surface area contributed by atoms with Gasteiger partial charge in [-0.2, -0.15) is 18.3 Å². The van der Waals surface area contributed by atoms with Gasteiger partial charge >= 0.3 is 6.18 Å². The minimum absolute atomic E-state index is 0.435. The number of alkyl halides is 3. The summed E-state index contributed by atoms with van der Waals surface area (Å²) < 4.78 is 39.6. The van der Waals surface area contributed by atoms with Crippen molar-refractivity contribution in [2.45, 2.75) is 12.2 Å². The Balaban J connectivity index is 2.39. The van der Waals surface area contributed by atoms with Gasteiger partial charge in [-0.1, -0.05) is 12.1 Å². The summed E-state index contributed by atoms with van der Waals surface area (Å²) in [7, 11) is 1.73. The molecule has 0 radical (unpaired) electrons. The molecule has 1 atom stereocenters. The first-order valence-electron chi connectivity index (χ1n) is 5.53. The summed E-state index contributed by atoms with van der Waals surface area (Å²) in [6, 6.07) is 4.53. The zero-order valence-electron chi connectivity index (χ0n) is 10.1. The maximum atomic E-state index is 12.7. The summed E-state index contributed by atoms with van der Waals surface area (Å²) in [6.07, 6.45) is -1.11. The van der Waals surface area contributed by atoms with Gasteiger partial charge in [-0.05, 0) is 17.7 Å². The van der Waals surface area contributed by atoms with Crippen molar-refractivity contribution in [2.24, 2.45) is 12.9 Å². The van der Waals surface area contributed by atoms with Crippen LogP contribution in [0, 0.1) is 0 Å². The second kappa shape index (κ2) is 5.02. The van der Waals surface area contributed by atoms with Crippen LogP contribution in [0.1, 0.15) is 22.7 Å². The fourth-order valence-corrected chi connectivity index (χ4v) is 1.87. The molecule has 0 aliphatic rings. The molecule has 102 valence electrons. The Bertz CT molecular complexity index is 562. The Labute approximate surface area is 108 Å². The number of halogens is 3. The van der Waals surface area contributed by atoms with Crippen LogP contribution in [0.3, 0.4) is 0 Å². The molecule has 0 spiro atoms. The molecule has 0 bridgehead atoms. The quantitative estimate of drug-likeness (QED) is 0.662. The van der Waals surface area contributed by atoms with Crippen molar-refractivity contribution in [2.75, 3.05) is 0 Å². The number of hydrazine groups is 1. The van der Waals surface area contributed by atoms with E-state index >= 15 is 0 Å². The molecule has 0 aliphatic heterocycles. The third kappa shape index (κ3) is 2.94. The molecule has 0 saturated heterocycles.